The van der Waals surface area contributed by atoms with E-state index in [1.165, 1.54) is 95.5 Å². The van der Waals surface area contributed by atoms with Gasteiger partial charge < -0.3 is 21.7 Å². The maximum atomic E-state index is 12.1. The quantitative estimate of drug-likeness (QED) is 0.0455. The Morgan fingerprint density at radius 1 is 0.660 bits per heavy atom. The van der Waals surface area contributed by atoms with Crippen molar-refractivity contribution in [3.05, 3.63) is 48.2 Å². The van der Waals surface area contributed by atoms with E-state index >= 15 is 0 Å². The molecule has 0 saturated heterocycles. The maximum absolute atomic E-state index is 12.1. The fourth-order valence-electron chi connectivity index (χ4n) is 5.16. The van der Waals surface area contributed by atoms with E-state index in [9.17, 15) is 14.4 Å². The van der Waals surface area contributed by atoms with Gasteiger partial charge in [-0.15, -0.1) is 6.58 Å². The summed E-state index contributed by atoms with van der Waals surface area (Å²) in [6.07, 6.45) is 29.9. The van der Waals surface area contributed by atoms with E-state index in [1.54, 1.807) is 0 Å². The monoisotopic (exact) mass is 659 g/mol. The molecule has 47 heavy (non-hydrogen) atoms. The first-order valence-corrected chi connectivity index (χ1v) is 18.8. The molecule has 0 aliphatic heterocycles. The molecule has 0 aromatic heterocycles. The van der Waals surface area contributed by atoms with Crippen molar-refractivity contribution >= 4 is 17.7 Å². The molecule has 0 aromatic rings. The van der Waals surface area contributed by atoms with Gasteiger partial charge in [-0.2, -0.15) is 0 Å². The summed E-state index contributed by atoms with van der Waals surface area (Å²) in [5.41, 5.74) is 8.74. The van der Waals surface area contributed by atoms with Crippen molar-refractivity contribution < 1.29 is 14.4 Å². The van der Waals surface area contributed by atoms with E-state index in [2.05, 4.69) is 55.1 Å². The fraction of sp³-hybridized carbons (Fsp3) is 0.725. The highest BCUT2D eigenvalue weighted by Crippen LogP contribution is 2.15. The Kier molecular flexibility index (Phi) is 34.0. The lowest BCUT2D eigenvalue weighted by Gasteiger charge is -2.18. The Balaban J connectivity index is 0. The molecule has 0 spiro atoms. The Morgan fingerprint density at radius 2 is 1.09 bits per heavy atom. The highest BCUT2D eigenvalue weighted by Gasteiger charge is 2.17. The molecule has 0 radical (unpaired) electrons. The number of nitrogens with two attached hydrogens (primary N) is 1. The average Bonchev–Trinajstić information content (AvgIpc) is 3.04. The van der Waals surface area contributed by atoms with E-state index in [1.807, 2.05) is 26.8 Å². The molecule has 0 rings (SSSR count). The molecule has 7 heteroatoms. The molecule has 0 saturated carbocycles. The van der Waals surface area contributed by atoms with Crippen LogP contribution in [0.25, 0.3) is 0 Å². The third-order valence-corrected chi connectivity index (χ3v) is 8.07. The van der Waals surface area contributed by atoms with Crippen LogP contribution in [-0.2, 0) is 14.4 Å². The third-order valence-electron chi connectivity index (χ3n) is 8.07. The number of allylic oxidation sites excluding steroid dienone is 4. The second-order valence-corrected chi connectivity index (χ2v) is 12.8. The average molecular weight is 659 g/mol. The van der Waals surface area contributed by atoms with Crippen LogP contribution in [-0.4, -0.2) is 36.9 Å². The van der Waals surface area contributed by atoms with Crippen LogP contribution < -0.4 is 21.7 Å². The Hall–Kier alpha value is -2.83. The molecule has 0 aliphatic rings. The summed E-state index contributed by atoms with van der Waals surface area (Å²) in [6.45, 7) is 19.1. The van der Waals surface area contributed by atoms with Crippen LogP contribution in [0.1, 0.15) is 169 Å². The molecule has 0 bridgehead atoms. The van der Waals surface area contributed by atoms with Crippen molar-refractivity contribution in [2.45, 2.75) is 175 Å². The van der Waals surface area contributed by atoms with Crippen LogP contribution in [0.3, 0.4) is 0 Å². The lowest BCUT2D eigenvalue weighted by Crippen LogP contribution is -2.41. The highest BCUT2D eigenvalue weighted by atomic mass is 16.2. The zero-order valence-electron chi connectivity index (χ0n) is 31.3. The van der Waals surface area contributed by atoms with Gasteiger partial charge in [0.1, 0.15) is 6.04 Å². The lowest BCUT2D eigenvalue weighted by molar-refractivity contribution is -0.122. The number of hydrogen-bond donors (Lipinski definition) is 4. The van der Waals surface area contributed by atoms with Crippen LogP contribution in [0.2, 0.25) is 0 Å². The second-order valence-electron chi connectivity index (χ2n) is 12.8. The van der Waals surface area contributed by atoms with Crippen molar-refractivity contribution in [2.75, 3.05) is 13.1 Å². The largest absolute Gasteiger partial charge is 0.378 e. The molecule has 3 amide bonds. The second kappa shape index (κ2) is 34.5. The van der Waals surface area contributed by atoms with Gasteiger partial charge in [-0.1, -0.05) is 134 Å². The van der Waals surface area contributed by atoms with E-state index in [0.29, 0.717) is 25.9 Å². The smallest absolute Gasteiger partial charge is 0.239 e. The summed E-state index contributed by atoms with van der Waals surface area (Å²) in [5, 5.41) is 8.84. The topological polar surface area (TPSA) is 113 Å². The van der Waals surface area contributed by atoms with Crippen LogP contribution >= 0.6 is 0 Å². The van der Waals surface area contributed by atoms with E-state index in [-0.39, 0.29) is 18.2 Å². The number of primary amides is 1. The van der Waals surface area contributed by atoms with Crippen LogP contribution in [0.15, 0.2) is 48.2 Å². The van der Waals surface area contributed by atoms with Gasteiger partial charge in [0.25, 0.3) is 0 Å². The minimum absolute atomic E-state index is 0.0626. The Labute approximate surface area is 290 Å². The predicted molar refractivity (Wildman–Crippen MR) is 203 cm³/mol. The number of unbranched alkanes of at least 4 members (excludes halogenated alkanes) is 14. The molecule has 0 heterocycles. The summed E-state index contributed by atoms with van der Waals surface area (Å²) >= 11 is 0. The van der Waals surface area contributed by atoms with Crippen LogP contribution in [0.4, 0.5) is 0 Å². The molecular formula is C40H74N4O3. The van der Waals surface area contributed by atoms with Gasteiger partial charge in [-0.25, -0.2) is 0 Å². The summed E-state index contributed by atoms with van der Waals surface area (Å²) in [7, 11) is 0. The molecule has 0 aliphatic carbocycles. The molecule has 0 fully saturated rings. The normalized spacial score (nSPS) is 12.0. The zero-order valence-corrected chi connectivity index (χ0v) is 31.3. The summed E-state index contributed by atoms with van der Waals surface area (Å²) in [6, 6.07) is -0.548. The Bertz CT molecular complexity index is 894. The predicted octanol–water partition coefficient (Wildman–Crippen LogP) is 9.49. The molecular weight excluding hydrogens is 584 g/mol. The minimum Gasteiger partial charge on any atom is -0.378 e. The Morgan fingerprint density at radius 3 is 1.49 bits per heavy atom. The zero-order chi connectivity index (χ0) is 35.5. The molecule has 272 valence electrons. The number of rotatable bonds is 30. The van der Waals surface area contributed by atoms with E-state index in [0.717, 1.165) is 37.0 Å². The van der Waals surface area contributed by atoms with Gasteiger partial charge in [-0.05, 0) is 58.8 Å². The van der Waals surface area contributed by atoms with Gasteiger partial charge in [-0.3, -0.25) is 14.4 Å². The number of carbonyl (C=O) groups excluding carboxylic acids is 3. The number of carbonyl (C=O) groups is 3. The lowest BCUT2D eigenvalue weighted by atomic mass is 10.0. The number of nitrogens with one attached hydrogen (secondary N) is 3. The molecule has 0 aromatic carbocycles. The van der Waals surface area contributed by atoms with Crippen LogP contribution in [0.5, 0.6) is 0 Å². The highest BCUT2D eigenvalue weighted by molar-refractivity contribution is 5.82. The van der Waals surface area contributed by atoms with Crippen molar-refractivity contribution in [1.29, 1.82) is 0 Å². The van der Waals surface area contributed by atoms with Crippen molar-refractivity contribution in [2.24, 2.45) is 5.73 Å². The van der Waals surface area contributed by atoms with Crippen LogP contribution in [0, 0.1) is 0 Å². The third kappa shape index (κ3) is 34.3. The molecule has 1 unspecified atom stereocenters. The standard InChI is InChI=1S/C31H57N3O2.C9H17NO/c1-5-7-8-9-10-11-12-13-14-15-16-17-18-19-20-21-23-28(4)34-29(31(32)36)24-25-30(35)33-26-27(3)22-6-2;1-4-6-8(3)7-10-9(11)5-2/h5,22,29,34H,1,4,6-21,23-26H2,2-3H3,(H2,32,36)(H,33,35);6H,4-5,7H2,1-3H3,(H,10,11). The van der Waals surface area contributed by atoms with Gasteiger partial charge >= 0.3 is 0 Å². The van der Waals surface area contributed by atoms with Crippen molar-refractivity contribution in [1.82, 2.24) is 16.0 Å². The maximum Gasteiger partial charge on any atom is 0.239 e. The van der Waals surface area contributed by atoms with E-state index in [4.69, 9.17) is 5.73 Å². The molecule has 1 atom stereocenters. The SMILES string of the molecule is C=CCCCCCCCCCCCCCCCCC(=C)NC(CCC(=O)NCC(C)=CCC)C(N)=O.CCC=C(C)CNC(=O)CC. The van der Waals surface area contributed by atoms with Gasteiger partial charge in [0, 0.05) is 31.6 Å². The first-order chi connectivity index (χ1) is 22.6. The number of hydrogen-bond acceptors (Lipinski definition) is 4. The fourth-order valence-corrected chi connectivity index (χ4v) is 5.16. The van der Waals surface area contributed by atoms with Crippen molar-refractivity contribution in [3.8, 4) is 0 Å². The van der Waals surface area contributed by atoms with E-state index < -0.39 is 11.9 Å². The summed E-state index contributed by atoms with van der Waals surface area (Å²) < 4.78 is 0. The molecule has 5 N–H and O–H groups in total. The first kappa shape index (κ1) is 46.3. The van der Waals surface area contributed by atoms with Crippen molar-refractivity contribution in [3.63, 3.8) is 0 Å². The first-order valence-electron chi connectivity index (χ1n) is 18.8. The summed E-state index contributed by atoms with van der Waals surface area (Å²) in [5.74, 6) is -0.379. The van der Waals surface area contributed by atoms with Gasteiger partial charge in [0.05, 0.1) is 0 Å². The minimum atomic E-state index is -0.548. The van der Waals surface area contributed by atoms with Gasteiger partial charge in [0.15, 0.2) is 0 Å². The summed E-state index contributed by atoms with van der Waals surface area (Å²) in [4.78, 5) is 34.6. The number of amides is 3. The molecule has 7 nitrogen and oxygen atoms in total. The van der Waals surface area contributed by atoms with Gasteiger partial charge in [0.2, 0.25) is 17.7 Å².